The fourth-order valence-electron chi connectivity index (χ4n) is 2.12. The Hall–Kier alpha value is -1.07. The number of hydrogen-bond acceptors (Lipinski definition) is 4. The largest absolute Gasteiger partial charge is 0.491 e. The number of ether oxygens (including phenoxy) is 1. The van der Waals surface area contributed by atoms with Gasteiger partial charge in [0.25, 0.3) is 0 Å². The quantitative estimate of drug-likeness (QED) is 0.210. The number of aliphatic imine (C=N–C) groups is 1. The summed E-state index contributed by atoms with van der Waals surface area (Å²) in [5.41, 5.74) is 2.21. The minimum Gasteiger partial charge on any atom is -0.491 e. The van der Waals surface area contributed by atoms with Crippen LogP contribution in [-0.2, 0) is 16.6 Å². The number of guanidine groups is 1. The Kier molecular flexibility index (Phi) is 11.8. The predicted octanol–water partition coefficient (Wildman–Crippen LogP) is 2.00. The molecule has 1 aromatic rings. The van der Waals surface area contributed by atoms with Gasteiger partial charge in [0.1, 0.15) is 5.75 Å². The molecule has 0 aliphatic heterocycles. The number of benzene rings is 1. The van der Waals surface area contributed by atoms with Crippen LogP contribution < -0.4 is 20.1 Å². The van der Waals surface area contributed by atoms with Crippen LogP contribution in [-0.4, -0.2) is 46.9 Å². The van der Waals surface area contributed by atoms with Gasteiger partial charge in [-0.05, 0) is 38.8 Å². The van der Waals surface area contributed by atoms with Gasteiger partial charge in [-0.25, -0.2) is 13.1 Å². The van der Waals surface area contributed by atoms with Crippen LogP contribution in [0.4, 0.5) is 0 Å². The molecule has 7 nitrogen and oxygen atoms in total. The summed E-state index contributed by atoms with van der Waals surface area (Å²) < 4.78 is 30.3. The summed E-state index contributed by atoms with van der Waals surface area (Å²) in [7, 11) is -1.43. The zero-order valence-electron chi connectivity index (χ0n) is 16.1. The Morgan fingerprint density at radius 2 is 1.92 bits per heavy atom. The highest BCUT2D eigenvalue weighted by Gasteiger charge is 2.07. The Balaban J connectivity index is 0.00000625. The first-order valence-corrected chi connectivity index (χ1v) is 10.3. The van der Waals surface area contributed by atoms with E-state index in [2.05, 4.69) is 26.4 Å². The second-order valence-electron chi connectivity index (χ2n) is 6.15. The number of rotatable bonds is 9. The molecule has 0 aliphatic carbocycles. The van der Waals surface area contributed by atoms with Crippen LogP contribution in [0.15, 0.2) is 23.2 Å². The van der Waals surface area contributed by atoms with Gasteiger partial charge in [0, 0.05) is 32.2 Å². The molecule has 0 radical (unpaired) electrons. The molecule has 0 aliphatic rings. The minimum absolute atomic E-state index is 0. The van der Waals surface area contributed by atoms with Gasteiger partial charge in [-0.15, -0.1) is 24.0 Å². The molecule has 0 atom stereocenters. The summed E-state index contributed by atoms with van der Waals surface area (Å²) in [6.45, 7) is 7.65. The SMILES string of the molecule is CN=C(NCCCNS(C)(=O)=O)NCc1ccc(C)cc1OC(C)C.I. The summed E-state index contributed by atoms with van der Waals surface area (Å²) in [6, 6.07) is 6.13. The van der Waals surface area contributed by atoms with Crippen molar-refractivity contribution in [2.75, 3.05) is 26.4 Å². The maximum atomic E-state index is 11.0. The molecular formula is C17H31IN4O3S. The van der Waals surface area contributed by atoms with Gasteiger partial charge in [0.2, 0.25) is 10.0 Å². The predicted molar refractivity (Wildman–Crippen MR) is 118 cm³/mol. The van der Waals surface area contributed by atoms with E-state index in [1.54, 1.807) is 7.05 Å². The lowest BCUT2D eigenvalue weighted by atomic mass is 10.1. The Labute approximate surface area is 174 Å². The van der Waals surface area contributed by atoms with E-state index in [9.17, 15) is 8.42 Å². The van der Waals surface area contributed by atoms with Gasteiger partial charge in [-0.2, -0.15) is 0 Å². The maximum Gasteiger partial charge on any atom is 0.208 e. The van der Waals surface area contributed by atoms with E-state index in [1.165, 1.54) is 0 Å². The highest BCUT2D eigenvalue weighted by Crippen LogP contribution is 2.21. The van der Waals surface area contributed by atoms with Crippen LogP contribution in [0, 0.1) is 6.92 Å². The van der Waals surface area contributed by atoms with Crippen molar-refractivity contribution in [1.82, 2.24) is 15.4 Å². The van der Waals surface area contributed by atoms with Crippen LogP contribution in [0.25, 0.3) is 0 Å². The highest BCUT2D eigenvalue weighted by atomic mass is 127. The molecule has 3 N–H and O–H groups in total. The first-order valence-electron chi connectivity index (χ1n) is 8.36. The van der Waals surface area contributed by atoms with Gasteiger partial charge in [0.15, 0.2) is 5.96 Å². The fourth-order valence-corrected chi connectivity index (χ4v) is 2.64. The molecule has 0 heterocycles. The van der Waals surface area contributed by atoms with E-state index in [-0.39, 0.29) is 30.1 Å². The molecule has 0 aromatic heterocycles. The molecule has 0 saturated heterocycles. The number of nitrogens with zero attached hydrogens (tertiary/aromatic N) is 1. The molecule has 0 fully saturated rings. The highest BCUT2D eigenvalue weighted by molar-refractivity contribution is 14.0. The maximum absolute atomic E-state index is 11.0. The second kappa shape index (κ2) is 12.3. The van der Waals surface area contributed by atoms with E-state index < -0.39 is 10.0 Å². The second-order valence-corrected chi connectivity index (χ2v) is 7.98. The first kappa shape index (κ1) is 24.9. The fraction of sp³-hybridized carbons (Fsp3) is 0.588. The number of halogens is 1. The summed E-state index contributed by atoms with van der Waals surface area (Å²) in [5, 5.41) is 6.41. The van der Waals surface area contributed by atoms with E-state index in [4.69, 9.17) is 4.74 Å². The van der Waals surface area contributed by atoms with Gasteiger partial charge in [0.05, 0.1) is 12.4 Å². The third-order valence-electron chi connectivity index (χ3n) is 3.27. The third kappa shape index (κ3) is 10.8. The molecule has 0 saturated carbocycles. The van der Waals surface area contributed by atoms with Crippen LogP contribution >= 0.6 is 24.0 Å². The first-order chi connectivity index (χ1) is 11.7. The summed E-state index contributed by atoms with van der Waals surface area (Å²) >= 11 is 0. The average molecular weight is 498 g/mol. The molecule has 1 rings (SSSR count). The van der Waals surface area contributed by atoms with Crippen molar-refractivity contribution < 1.29 is 13.2 Å². The normalized spacial score (nSPS) is 11.8. The molecule has 150 valence electrons. The molecule has 0 bridgehead atoms. The van der Waals surface area contributed by atoms with E-state index in [1.807, 2.05) is 32.9 Å². The molecule has 26 heavy (non-hydrogen) atoms. The number of hydrogen-bond donors (Lipinski definition) is 3. The molecule has 0 unspecified atom stereocenters. The van der Waals surface area contributed by atoms with Crippen LogP contribution in [0.5, 0.6) is 5.75 Å². The van der Waals surface area contributed by atoms with E-state index in [0.717, 1.165) is 23.1 Å². The number of nitrogens with one attached hydrogen (secondary N) is 3. The molecular weight excluding hydrogens is 467 g/mol. The van der Waals surface area contributed by atoms with E-state index in [0.29, 0.717) is 32.0 Å². The van der Waals surface area contributed by atoms with Crippen LogP contribution in [0.2, 0.25) is 0 Å². The molecule has 9 heteroatoms. The molecule has 1 aromatic carbocycles. The van der Waals surface area contributed by atoms with Gasteiger partial charge in [-0.3, -0.25) is 4.99 Å². The van der Waals surface area contributed by atoms with Gasteiger partial charge in [-0.1, -0.05) is 12.1 Å². The van der Waals surface area contributed by atoms with Crippen molar-refractivity contribution in [1.29, 1.82) is 0 Å². The minimum atomic E-state index is -3.13. The lowest BCUT2D eigenvalue weighted by molar-refractivity contribution is 0.239. The third-order valence-corrected chi connectivity index (χ3v) is 3.99. The lowest BCUT2D eigenvalue weighted by Crippen LogP contribution is -2.38. The number of aryl methyl sites for hydroxylation is 1. The smallest absolute Gasteiger partial charge is 0.208 e. The van der Waals surface area contributed by atoms with Gasteiger partial charge < -0.3 is 15.4 Å². The standard InChI is InChI=1S/C17H30N4O3S.HI/c1-13(2)24-16-11-14(3)7-8-15(16)12-20-17(18-4)19-9-6-10-21-25(5,22)23;/h7-8,11,13,21H,6,9-10,12H2,1-5H3,(H2,18,19,20);1H. The van der Waals surface area contributed by atoms with E-state index >= 15 is 0 Å². The Bertz CT molecular complexity index is 679. The van der Waals surface area contributed by atoms with Crippen molar-refractivity contribution in [3.8, 4) is 5.75 Å². The van der Waals surface area contributed by atoms with Crippen molar-refractivity contribution in [3.05, 3.63) is 29.3 Å². The molecule has 0 spiro atoms. The van der Waals surface area contributed by atoms with Crippen LogP contribution in [0.3, 0.4) is 0 Å². The lowest BCUT2D eigenvalue weighted by Gasteiger charge is -2.17. The summed E-state index contributed by atoms with van der Waals surface area (Å²) in [5.74, 6) is 1.53. The summed E-state index contributed by atoms with van der Waals surface area (Å²) in [6.07, 6.45) is 1.93. The summed E-state index contributed by atoms with van der Waals surface area (Å²) in [4.78, 5) is 4.17. The Morgan fingerprint density at radius 1 is 1.23 bits per heavy atom. The van der Waals surface area contributed by atoms with Gasteiger partial charge >= 0.3 is 0 Å². The van der Waals surface area contributed by atoms with Crippen molar-refractivity contribution in [3.63, 3.8) is 0 Å². The van der Waals surface area contributed by atoms with Crippen molar-refractivity contribution in [2.45, 2.75) is 39.8 Å². The zero-order chi connectivity index (χ0) is 18.9. The van der Waals surface area contributed by atoms with Crippen molar-refractivity contribution >= 4 is 40.0 Å². The number of sulfonamides is 1. The zero-order valence-corrected chi connectivity index (χ0v) is 19.3. The molecule has 0 amide bonds. The Morgan fingerprint density at radius 3 is 2.50 bits per heavy atom. The van der Waals surface area contributed by atoms with Crippen molar-refractivity contribution in [2.24, 2.45) is 4.99 Å². The monoisotopic (exact) mass is 498 g/mol. The topological polar surface area (TPSA) is 91.8 Å². The average Bonchev–Trinajstić information content (AvgIpc) is 2.50. The van der Waals surface area contributed by atoms with Crippen LogP contribution in [0.1, 0.15) is 31.4 Å².